The van der Waals surface area contributed by atoms with Crippen LogP contribution in [-0.4, -0.2) is 59.9 Å². The molecule has 0 saturated carbocycles. The zero-order chi connectivity index (χ0) is 24.8. The summed E-state index contributed by atoms with van der Waals surface area (Å²) < 4.78 is 17.1. The second-order valence-electron chi connectivity index (χ2n) is 10.7. The van der Waals surface area contributed by atoms with Gasteiger partial charge in [0.05, 0.1) is 24.4 Å². The van der Waals surface area contributed by atoms with E-state index in [4.69, 9.17) is 14.0 Å². The maximum atomic E-state index is 13.4. The van der Waals surface area contributed by atoms with Crippen LogP contribution in [0.25, 0.3) is 10.9 Å². The standard InChI is InChI=1S/C25H36BN3O5/c1-15(2)21(28-23(31)32-7)22(30)29-12-8-9-20(29)19-13-16-10-11-17(14-18(16)27-19)26-33-24(3,4)25(5,6)34-26/h10-11,13-15,20-21,27H,8-9,12H2,1-7H3,(H,28,31)/t20-,21-/m0/s1. The number of H-pyrrole nitrogens is 1. The molecule has 34 heavy (non-hydrogen) atoms. The van der Waals surface area contributed by atoms with Crippen molar-refractivity contribution in [1.82, 2.24) is 15.2 Å². The van der Waals surface area contributed by atoms with Gasteiger partial charge >= 0.3 is 13.2 Å². The van der Waals surface area contributed by atoms with Crippen molar-refractivity contribution in [2.75, 3.05) is 13.7 Å². The highest BCUT2D eigenvalue weighted by molar-refractivity contribution is 6.62. The van der Waals surface area contributed by atoms with E-state index >= 15 is 0 Å². The zero-order valence-corrected chi connectivity index (χ0v) is 21.2. The molecule has 2 aromatic rings. The van der Waals surface area contributed by atoms with Gasteiger partial charge in [0.1, 0.15) is 6.04 Å². The third-order valence-electron chi connectivity index (χ3n) is 7.48. The van der Waals surface area contributed by atoms with Crippen molar-refractivity contribution >= 4 is 35.5 Å². The van der Waals surface area contributed by atoms with E-state index in [1.807, 2.05) is 52.5 Å². The number of amides is 2. The summed E-state index contributed by atoms with van der Waals surface area (Å²) in [4.78, 5) is 30.6. The number of hydrogen-bond donors (Lipinski definition) is 2. The number of benzene rings is 1. The average molecular weight is 469 g/mol. The van der Waals surface area contributed by atoms with E-state index in [1.54, 1.807) is 0 Å². The van der Waals surface area contributed by atoms with Crippen LogP contribution in [0.3, 0.4) is 0 Å². The summed E-state index contributed by atoms with van der Waals surface area (Å²) in [6.45, 7) is 12.7. The van der Waals surface area contributed by atoms with Crippen LogP contribution in [0.2, 0.25) is 0 Å². The third-order valence-corrected chi connectivity index (χ3v) is 7.48. The summed E-state index contributed by atoms with van der Waals surface area (Å²) in [5, 5.41) is 3.77. The first kappa shape index (κ1) is 24.6. The molecule has 0 aliphatic carbocycles. The topological polar surface area (TPSA) is 92.9 Å². The average Bonchev–Trinajstić information content (AvgIpc) is 3.46. The summed E-state index contributed by atoms with van der Waals surface area (Å²) >= 11 is 0. The number of methoxy groups -OCH3 is 1. The number of aromatic nitrogens is 1. The van der Waals surface area contributed by atoms with E-state index < -0.39 is 30.5 Å². The van der Waals surface area contributed by atoms with Gasteiger partial charge in [0.15, 0.2) is 0 Å². The Morgan fingerprint density at radius 2 is 1.85 bits per heavy atom. The quantitative estimate of drug-likeness (QED) is 0.654. The molecule has 4 rings (SSSR count). The minimum atomic E-state index is -0.632. The molecule has 0 unspecified atom stereocenters. The van der Waals surface area contributed by atoms with E-state index in [0.29, 0.717) is 6.54 Å². The number of hydrogen-bond acceptors (Lipinski definition) is 5. The lowest BCUT2D eigenvalue weighted by Gasteiger charge is -2.32. The lowest BCUT2D eigenvalue weighted by atomic mass is 9.79. The Hall–Kier alpha value is -2.52. The first-order chi connectivity index (χ1) is 15.9. The number of rotatable bonds is 5. The van der Waals surface area contributed by atoms with Crippen molar-refractivity contribution < 1.29 is 23.6 Å². The number of fused-ring (bicyclic) bond motifs is 1. The summed E-state index contributed by atoms with van der Waals surface area (Å²) in [5.74, 6) is -0.141. The van der Waals surface area contributed by atoms with Crippen LogP contribution in [0, 0.1) is 5.92 Å². The smallest absolute Gasteiger partial charge is 0.453 e. The van der Waals surface area contributed by atoms with Crippen LogP contribution in [0.15, 0.2) is 24.3 Å². The molecule has 2 saturated heterocycles. The van der Waals surface area contributed by atoms with Crippen LogP contribution in [0.4, 0.5) is 4.79 Å². The molecule has 184 valence electrons. The fraction of sp³-hybridized carbons (Fsp3) is 0.600. The molecule has 3 heterocycles. The molecule has 1 aromatic carbocycles. The molecule has 9 heteroatoms. The first-order valence-corrected chi connectivity index (χ1v) is 12.1. The molecular formula is C25H36BN3O5. The molecular weight excluding hydrogens is 433 g/mol. The van der Waals surface area contributed by atoms with Crippen molar-refractivity contribution in [1.29, 1.82) is 0 Å². The van der Waals surface area contributed by atoms with Crippen molar-refractivity contribution in [3.8, 4) is 0 Å². The lowest BCUT2D eigenvalue weighted by Crippen LogP contribution is -2.51. The van der Waals surface area contributed by atoms with Gasteiger partial charge in [-0.05, 0) is 69.4 Å². The molecule has 8 nitrogen and oxygen atoms in total. The monoisotopic (exact) mass is 469 g/mol. The van der Waals surface area contributed by atoms with E-state index in [0.717, 1.165) is 34.9 Å². The number of carbonyl (C=O) groups excluding carboxylic acids is 2. The van der Waals surface area contributed by atoms with Gasteiger partial charge in [0.25, 0.3) is 0 Å². The van der Waals surface area contributed by atoms with Crippen LogP contribution >= 0.6 is 0 Å². The fourth-order valence-electron chi connectivity index (χ4n) is 4.70. The Bertz CT molecular complexity index is 1060. The van der Waals surface area contributed by atoms with E-state index in [9.17, 15) is 9.59 Å². The summed E-state index contributed by atoms with van der Waals surface area (Å²) in [5.41, 5.74) is 2.13. The maximum absolute atomic E-state index is 13.4. The molecule has 2 atom stereocenters. The van der Waals surface area contributed by atoms with Crippen molar-refractivity contribution in [3.63, 3.8) is 0 Å². The molecule has 2 aliphatic rings. The molecule has 2 aliphatic heterocycles. The molecule has 0 radical (unpaired) electrons. The van der Waals surface area contributed by atoms with Crippen LogP contribution in [-0.2, 0) is 18.8 Å². The second-order valence-corrected chi connectivity index (χ2v) is 10.7. The first-order valence-electron chi connectivity index (χ1n) is 12.1. The number of nitrogens with zero attached hydrogens (tertiary/aromatic N) is 1. The maximum Gasteiger partial charge on any atom is 0.494 e. The largest absolute Gasteiger partial charge is 0.494 e. The highest BCUT2D eigenvalue weighted by atomic mass is 16.7. The number of alkyl carbamates (subject to hydrolysis) is 1. The van der Waals surface area contributed by atoms with Gasteiger partial charge in [-0.25, -0.2) is 4.79 Å². The van der Waals surface area contributed by atoms with Gasteiger partial charge in [0, 0.05) is 17.8 Å². The second kappa shape index (κ2) is 8.93. The van der Waals surface area contributed by atoms with Gasteiger partial charge in [-0.1, -0.05) is 26.0 Å². The Kier molecular flexibility index (Phi) is 6.46. The summed E-state index contributed by atoms with van der Waals surface area (Å²) in [6.07, 6.45) is 1.18. The van der Waals surface area contributed by atoms with Crippen LogP contribution in [0.5, 0.6) is 0 Å². The Balaban J connectivity index is 1.57. The summed E-state index contributed by atoms with van der Waals surface area (Å²) in [7, 11) is 0.875. The Morgan fingerprint density at radius 1 is 1.18 bits per heavy atom. The minimum absolute atomic E-state index is 0.0574. The van der Waals surface area contributed by atoms with E-state index in [-0.39, 0.29) is 17.9 Å². The van der Waals surface area contributed by atoms with E-state index in [2.05, 4.69) is 28.5 Å². The molecule has 0 bridgehead atoms. The van der Waals surface area contributed by atoms with Gasteiger partial charge in [0.2, 0.25) is 5.91 Å². The zero-order valence-electron chi connectivity index (χ0n) is 21.2. The van der Waals surface area contributed by atoms with Crippen molar-refractivity contribution in [2.45, 2.75) is 77.7 Å². The van der Waals surface area contributed by atoms with Gasteiger partial charge < -0.3 is 29.2 Å². The van der Waals surface area contributed by atoms with Crippen LogP contribution < -0.4 is 10.8 Å². The van der Waals surface area contributed by atoms with E-state index in [1.165, 1.54) is 7.11 Å². The SMILES string of the molecule is COC(=O)N[C@H](C(=O)N1CCC[C@H]1c1cc2ccc(B3OC(C)(C)C(C)(C)O3)cc2[nH]1)C(C)C. The molecule has 2 amide bonds. The summed E-state index contributed by atoms with van der Waals surface area (Å²) in [6, 6.07) is 7.57. The Morgan fingerprint density at radius 3 is 2.47 bits per heavy atom. The fourth-order valence-corrected chi connectivity index (χ4v) is 4.70. The van der Waals surface area contributed by atoms with Crippen molar-refractivity contribution in [3.05, 3.63) is 30.0 Å². The lowest BCUT2D eigenvalue weighted by molar-refractivity contribution is -0.135. The Labute approximate surface area is 201 Å². The minimum Gasteiger partial charge on any atom is -0.453 e. The molecule has 2 fully saturated rings. The predicted molar refractivity (Wildman–Crippen MR) is 132 cm³/mol. The van der Waals surface area contributed by atoms with Crippen molar-refractivity contribution in [2.24, 2.45) is 5.92 Å². The van der Waals surface area contributed by atoms with Gasteiger partial charge in [-0.3, -0.25) is 4.79 Å². The number of aromatic amines is 1. The highest BCUT2D eigenvalue weighted by Gasteiger charge is 2.51. The van der Waals surface area contributed by atoms with Crippen LogP contribution in [0.1, 0.15) is 66.1 Å². The highest BCUT2D eigenvalue weighted by Crippen LogP contribution is 2.37. The molecule has 0 spiro atoms. The normalized spacial score (nSPS) is 22.4. The number of nitrogens with one attached hydrogen (secondary N) is 2. The predicted octanol–water partition coefficient (Wildman–Crippen LogP) is 3.51. The number of carbonyl (C=O) groups is 2. The number of ether oxygens (including phenoxy) is 1. The number of likely N-dealkylation sites (tertiary alicyclic amines) is 1. The van der Waals surface area contributed by atoms with Gasteiger partial charge in [-0.15, -0.1) is 0 Å². The third kappa shape index (κ3) is 4.43. The molecule has 2 N–H and O–H groups in total. The van der Waals surface area contributed by atoms with Gasteiger partial charge in [-0.2, -0.15) is 0 Å². The molecule has 1 aromatic heterocycles.